The second kappa shape index (κ2) is 6.41. The van der Waals surface area contributed by atoms with E-state index in [1.807, 2.05) is 0 Å². The number of likely N-dealkylation sites (tertiary alicyclic amines) is 1. The van der Waals surface area contributed by atoms with Crippen LogP contribution in [0.1, 0.15) is 0 Å². The smallest absolute Gasteiger partial charge is 0.468 e. The number of carbonyl (C=O) groups excluding carboxylic acids is 2. The quantitative estimate of drug-likeness (QED) is 0.213. The number of hydrogen-bond donors (Lipinski definition) is 1. The van der Waals surface area contributed by atoms with Gasteiger partial charge >= 0.3 is 11.6 Å². The molecule has 0 radical (unpaired) electrons. The highest BCUT2D eigenvalue weighted by Crippen LogP contribution is 2.25. The summed E-state index contributed by atoms with van der Waals surface area (Å²) in [5, 5.41) is 21.4. The molecule has 130 valence electrons. The molecule has 0 saturated carbocycles. The Morgan fingerprint density at radius 2 is 1.78 bits per heavy atom. The molecular formula is C9H14N4O9S. The Kier molecular flexibility index (Phi) is 5.21. The van der Waals surface area contributed by atoms with Gasteiger partial charge in [-0.05, 0) is 0 Å². The molecule has 0 aliphatic carbocycles. The molecule has 14 heteroatoms. The normalized spacial score (nSPS) is 17.7. The summed E-state index contributed by atoms with van der Waals surface area (Å²) < 4.78 is 27.7. The summed E-state index contributed by atoms with van der Waals surface area (Å²) in [4.78, 5) is 42.6. The number of methoxy groups -OCH3 is 1. The van der Waals surface area contributed by atoms with E-state index in [0.29, 0.717) is 4.90 Å². The van der Waals surface area contributed by atoms with Gasteiger partial charge in [0.1, 0.15) is 21.6 Å². The molecule has 1 saturated heterocycles. The molecule has 0 aromatic rings. The van der Waals surface area contributed by atoms with Gasteiger partial charge in [0.15, 0.2) is 22.9 Å². The van der Waals surface area contributed by atoms with Gasteiger partial charge in [-0.25, -0.2) is 8.42 Å². The Balaban J connectivity index is 2.66. The number of nitrogens with two attached hydrogens (primary N) is 1. The first-order valence-electron chi connectivity index (χ1n) is 6.06. The van der Waals surface area contributed by atoms with Gasteiger partial charge in [0.25, 0.3) is 0 Å². The molecule has 0 bridgehead atoms. The van der Waals surface area contributed by atoms with Gasteiger partial charge < -0.3 is 15.4 Å². The molecule has 2 N–H and O–H groups in total. The second-order valence-electron chi connectivity index (χ2n) is 4.93. The molecule has 0 unspecified atom stereocenters. The van der Waals surface area contributed by atoms with Crippen molar-refractivity contribution < 1.29 is 32.6 Å². The van der Waals surface area contributed by atoms with E-state index < -0.39 is 67.9 Å². The third-order valence-corrected chi connectivity index (χ3v) is 4.76. The summed E-state index contributed by atoms with van der Waals surface area (Å²) in [6, 6.07) is -1.48. The Hall–Kier alpha value is -2.35. The van der Waals surface area contributed by atoms with Gasteiger partial charge in [-0.1, -0.05) is 0 Å². The first kappa shape index (κ1) is 18.7. The average molecular weight is 354 g/mol. The fourth-order valence-electron chi connectivity index (χ4n) is 1.87. The van der Waals surface area contributed by atoms with Gasteiger partial charge in [0.05, 0.1) is 12.9 Å². The summed E-state index contributed by atoms with van der Waals surface area (Å²) in [5.74, 6) is -3.94. The monoisotopic (exact) mass is 354 g/mol. The third-order valence-electron chi connectivity index (χ3n) is 3.20. The molecule has 1 heterocycles. The van der Waals surface area contributed by atoms with Crippen LogP contribution in [0.4, 0.5) is 0 Å². The SMILES string of the molecule is COC(=O)[C@@H](N)CS(=O)(=O)CC(=O)N1CC([N+](=O)[O-])([N+](=O)[O-])C1. The first-order valence-corrected chi connectivity index (χ1v) is 7.88. The lowest BCUT2D eigenvalue weighted by Crippen LogP contribution is -2.71. The fourth-order valence-corrected chi connectivity index (χ4v) is 3.23. The Labute approximate surface area is 129 Å². The van der Waals surface area contributed by atoms with Crippen LogP contribution in [0.15, 0.2) is 0 Å². The number of ether oxygens (including phenoxy) is 1. The number of hydrogen-bond acceptors (Lipinski definition) is 10. The van der Waals surface area contributed by atoms with Crippen molar-refractivity contribution in [1.29, 1.82) is 0 Å². The van der Waals surface area contributed by atoms with Crippen molar-refractivity contribution in [2.45, 2.75) is 11.7 Å². The zero-order valence-corrected chi connectivity index (χ0v) is 12.7. The number of nitro groups is 2. The van der Waals surface area contributed by atoms with Crippen LogP contribution in [0.2, 0.25) is 0 Å². The molecule has 1 fully saturated rings. The van der Waals surface area contributed by atoms with Gasteiger partial charge in [-0.2, -0.15) is 0 Å². The van der Waals surface area contributed by atoms with Crippen molar-refractivity contribution in [3.63, 3.8) is 0 Å². The predicted molar refractivity (Wildman–Crippen MR) is 71.9 cm³/mol. The highest BCUT2D eigenvalue weighted by molar-refractivity contribution is 7.92. The van der Waals surface area contributed by atoms with Crippen molar-refractivity contribution in [2.24, 2.45) is 5.73 Å². The maximum atomic E-state index is 11.7. The van der Waals surface area contributed by atoms with Crippen molar-refractivity contribution in [2.75, 3.05) is 31.7 Å². The lowest BCUT2D eigenvalue weighted by atomic mass is 10.0. The number of esters is 1. The third kappa shape index (κ3) is 3.89. The van der Waals surface area contributed by atoms with Crippen LogP contribution in [-0.2, 0) is 24.2 Å². The van der Waals surface area contributed by atoms with Gasteiger partial charge in [0, 0.05) is 0 Å². The molecule has 1 amide bonds. The summed E-state index contributed by atoms with van der Waals surface area (Å²) in [7, 11) is -3.08. The Morgan fingerprint density at radius 1 is 1.30 bits per heavy atom. The van der Waals surface area contributed by atoms with E-state index in [1.165, 1.54) is 0 Å². The number of amides is 1. The zero-order chi connectivity index (χ0) is 18.0. The first-order chi connectivity index (χ1) is 10.4. The standard InChI is InChI=1S/C9H14N4O9S/c1-22-8(15)6(10)2-23(20,21)3-7(14)11-4-9(5-11,12(16)17)13(18)19/h6H,2-5,10H2,1H3/t6-/m0/s1. The van der Waals surface area contributed by atoms with E-state index in [4.69, 9.17) is 5.73 Å². The number of carbonyl (C=O) groups is 2. The van der Waals surface area contributed by atoms with Crippen LogP contribution in [0.3, 0.4) is 0 Å². The summed E-state index contributed by atoms with van der Waals surface area (Å²) in [5.41, 5.74) is 2.77. The molecular weight excluding hydrogens is 340 g/mol. The van der Waals surface area contributed by atoms with E-state index in [9.17, 15) is 38.2 Å². The van der Waals surface area contributed by atoms with Crippen molar-refractivity contribution in [3.8, 4) is 0 Å². The Bertz CT molecular complexity index is 623. The van der Waals surface area contributed by atoms with Crippen molar-refractivity contribution >= 4 is 21.7 Å². The topological polar surface area (TPSA) is 193 Å². The second-order valence-corrected chi connectivity index (χ2v) is 7.04. The fraction of sp³-hybridized carbons (Fsp3) is 0.778. The minimum atomic E-state index is -4.09. The van der Waals surface area contributed by atoms with Crippen molar-refractivity contribution in [1.82, 2.24) is 4.90 Å². The van der Waals surface area contributed by atoms with Crippen molar-refractivity contribution in [3.05, 3.63) is 20.2 Å². The minimum Gasteiger partial charge on any atom is -0.468 e. The van der Waals surface area contributed by atoms with Crippen LogP contribution in [0, 0.1) is 20.2 Å². The average Bonchev–Trinajstić information content (AvgIpc) is 2.33. The number of nitrogens with zero attached hydrogens (tertiary/aromatic N) is 3. The van der Waals surface area contributed by atoms with Gasteiger partial charge in [-0.15, -0.1) is 0 Å². The molecule has 23 heavy (non-hydrogen) atoms. The number of rotatable bonds is 7. The lowest BCUT2D eigenvalue weighted by Gasteiger charge is -2.35. The maximum Gasteiger partial charge on any atom is 0.492 e. The molecule has 1 aliphatic heterocycles. The lowest BCUT2D eigenvalue weighted by molar-refractivity contribution is -0.809. The van der Waals surface area contributed by atoms with E-state index in [0.717, 1.165) is 7.11 Å². The van der Waals surface area contributed by atoms with Crippen LogP contribution in [-0.4, -0.2) is 78.5 Å². The number of sulfone groups is 1. The minimum absolute atomic E-state index is 0.687. The molecule has 1 rings (SSSR count). The Morgan fingerprint density at radius 3 is 2.17 bits per heavy atom. The molecule has 1 aliphatic rings. The van der Waals surface area contributed by atoms with E-state index in [2.05, 4.69) is 4.74 Å². The molecule has 1 atom stereocenters. The molecule has 0 spiro atoms. The van der Waals surface area contributed by atoms with E-state index in [1.54, 1.807) is 0 Å². The summed E-state index contributed by atoms with van der Waals surface area (Å²) in [6.07, 6.45) is 0. The summed E-state index contributed by atoms with van der Waals surface area (Å²) in [6.45, 7) is -1.66. The molecule has 0 aromatic carbocycles. The van der Waals surface area contributed by atoms with Gasteiger partial charge in [-0.3, -0.25) is 29.8 Å². The summed E-state index contributed by atoms with van der Waals surface area (Å²) >= 11 is 0. The predicted octanol–water partition coefficient (Wildman–Crippen LogP) is -3.01. The van der Waals surface area contributed by atoms with Crippen LogP contribution >= 0.6 is 0 Å². The molecule has 13 nitrogen and oxygen atoms in total. The van der Waals surface area contributed by atoms with Crippen LogP contribution in [0.25, 0.3) is 0 Å². The highest BCUT2D eigenvalue weighted by Gasteiger charge is 2.67. The van der Waals surface area contributed by atoms with Gasteiger partial charge in [0.2, 0.25) is 5.91 Å². The largest absolute Gasteiger partial charge is 0.492 e. The highest BCUT2D eigenvalue weighted by atomic mass is 32.2. The zero-order valence-electron chi connectivity index (χ0n) is 11.9. The van der Waals surface area contributed by atoms with Crippen LogP contribution in [0.5, 0.6) is 0 Å². The molecule has 0 aromatic heterocycles. The van der Waals surface area contributed by atoms with E-state index >= 15 is 0 Å². The van der Waals surface area contributed by atoms with Crippen LogP contribution < -0.4 is 5.73 Å². The van der Waals surface area contributed by atoms with E-state index in [-0.39, 0.29) is 0 Å². The maximum absolute atomic E-state index is 11.7.